The highest BCUT2D eigenvalue weighted by atomic mass is 32.2. The second-order valence-corrected chi connectivity index (χ2v) is 6.85. The molecule has 7 heteroatoms. The van der Waals surface area contributed by atoms with E-state index in [4.69, 9.17) is 9.47 Å². The van der Waals surface area contributed by atoms with Crippen LogP contribution < -0.4 is 14.2 Å². The Bertz CT molecular complexity index is 772. The zero-order valence-electron chi connectivity index (χ0n) is 13.4. The van der Waals surface area contributed by atoms with Gasteiger partial charge in [0, 0.05) is 0 Å². The number of carbonyl (C=O) groups is 1. The smallest absolute Gasteiger partial charge is 0.264 e. The molecule has 0 aliphatic carbocycles. The van der Waals surface area contributed by atoms with Crippen molar-refractivity contribution in [1.29, 1.82) is 0 Å². The van der Waals surface area contributed by atoms with Gasteiger partial charge in [-0.25, -0.2) is 13.1 Å². The summed E-state index contributed by atoms with van der Waals surface area (Å²) >= 11 is 0. The minimum Gasteiger partial charge on any atom is -0.497 e. The molecule has 0 spiro atoms. The average molecular weight is 349 g/mol. The number of methoxy groups -OCH3 is 1. The Morgan fingerprint density at radius 1 is 1.04 bits per heavy atom. The lowest BCUT2D eigenvalue weighted by Gasteiger charge is -2.14. The molecule has 6 nitrogen and oxygen atoms in total. The number of rotatable bonds is 7. The fraction of sp³-hybridized carbons (Fsp3) is 0.235. The summed E-state index contributed by atoms with van der Waals surface area (Å²) in [6, 6.07) is 14.8. The first-order valence-electron chi connectivity index (χ1n) is 7.31. The summed E-state index contributed by atoms with van der Waals surface area (Å²) in [5.74, 6) is -0.0972. The van der Waals surface area contributed by atoms with E-state index in [9.17, 15) is 13.2 Å². The highest BCUT2D eigenvalue weighted by Gasteiger charge is 2.22. The van der Waals surface area contributed by atoms with Crippen LogP contribution in [-0.2, 0) is 14.8 Å². The lowest BCUT2D eigenvalue weighted by Crippen LogP contribution is -2.36. The predicted octanol–water partition coefficient (Wildman–Crippen LogP) is 2.22. The molecule has 0 heterocycles. The Hall–Kier alpha value is -2.54. The molecule has 0 fully saturated rings. The van der Waals surface area contributed by atoms with E-state index in [1.807, 2.05) is 18.2 Å². The molecule has 1 unspecified atom stereocenters. The van der Waals surface area contributed by atoms with Crippen LogP contribution in [0.2, 0.25) is 0 Å². The third-order valence-corrected chi connectivity index (χ3v) is 4.66. The SMILES string of the molecule is COc1ccc(S(=O)(=O)NC(=O)C(C)COc2ccccc2)cc1. The van der Waals surface area contributed by atoms with Crippen molar-refractivity contribution >= 4 is 15.9 Å². The Labute approximate surface area is 141 Å². The zero-order chi connectivity index (χ0) is 17.6. The number of hydrogen-bond acceptors (Lipinski definition) is 5. The quantitative estimate of drug-likeness (QED) is 0.829. The van der Waals surface area contributed by atoms with E-state index in [0.717, 1.165) is 0 Å². The first-order chi connectivity index (χ1) is 11.4. The van der Waals surface area contributed by atoms with E-state index in [1.54, 1.807) is 19.1 Å². The van der Waals surface area contributed by atoms with Crippen molar-refractivity contribution in [2.45, 2.75) is 11.8 Å². The van der Waals surface area contributed by atoms with Crippen molar-refractivity contribution in [2.24, 2.45) is 5.92 Å². The Balaban J connectivity index is 1.96. The largest absolute Gasteiger partial charge is 0.497 e. The topological polar surface area (TPSA) is 81.7 Å². The summed E-state index contributed by atoms with van der Waals surface area (Å²) in [5, 5.41) is 0. The fourth-order valence-corrected chi connectivity index (χ4v) is 2.94. The summed E-state index contributed by atoms with van der Waals surface area (Å²) in [7, 11) is -2.44. The van der Waals surface area contributed by atoms with E-state index >= 15 is 0 Å². The molecule has 2 aromatic rings. The van der Waals surface area contributed by atoms with Crippen LogP contribution in [0.3, 0.4) is 0 Å². The highest BCUT2D eigenvalue weighted by molar-refractivity contribution is 7.90. The number of benzene rings is 2. The third kappa shape index (κ3) is 4.73. The van der Waals surface area contributed by atoms with Crippen LogP contribution >= 0.6 is 0 Å². The molecule has 0 bridgehead atoms. The summed E-state index contributed by atoms with van der Waals surface area (Å²) in [6.45, 7) is 1.68. The second-order valence-electron chi connectivity index (χ2n) is 5.17. The molecule has 128 valence electrons. The lowest BCUT2D eigenvalue weighted by atomic mass is 10.2. The van der Waals surface area contributed by atoms with Gasteiger partial charge in [0.25, 0.3) is 10.0 Å². The minimum atomic E-state index is -3.92. The number of sulfonamides is 1. The lowest BCUT2D eigenvalue weighted by molar-refractivity contribution is -0.123. The van der Waals surface area contributed by atoms with E-state index in [0.29, 0.717) is 11.5 Å². The van der Waals surface area contributed by atoms with E-state index < -0.39 is 21.8 Å². The minimum absolute atomic E-state index is 0.00664. The Morgan fingerprint density at radius 2 is 1.67 bits per heavy atom. The van der Waals surface area contributed by atoms with Crippen LogP contribution in [0, 0.1) is 5.92 Å². The number of carbonyl (C=O) groups excluding carboxylic acids is 1. The van der Waals surface area contributed by atoms with Gasteiger partial charge in [0.15, 0.2) is 0 Å². The first kappa shape index (κ1) is 17.8. The van der Waals surface area contributed by atoms with Crippen molar-refractivity contribution in [3.63, 3.8) is 0 Å². The molecule has 1 N–H and O–H groups in total. The molecule has 2 aromatic carbocycles. The van der Waals surface area contributed by atoms with Crippen molar-refractivity contribution < 1.29 is 22.7 Å². The van der Waals surface area contributed by atoms with E-state index in [-0.39, 0.29) is 11.5 Å². The maximum atomic E-state index is 12.2. The molecule has 2 rings (SSSR count). The average Bonchev–Trinajstić information content (AvgIpc) is 2.60. The number of hydrogen-bond donors (Lipinski definition) is 1. The number of para-hydroxylation sites is 1. The normalized spacial score (nSPS) is 12.2. The molecule has 1 amide bonds. The summed E-state index contributed by atoms with van der Waals surface area (Å²) < 4.78 is 36.9. The van der Waals surface area contributed by atoms with Crippen molar-refractivity contribution in [2.75, 3.05) is 13.7 Å². The van der Waals surface area contributed by atoms with E-state index in [1.165, 1.54) is 31.4 Å². The highest BCUT2D eigenvalue weighted by Crippen LogP contribution is 2.16. The molecule has 0 aliphatic rings. The summed E-state index contributed by atoms with van der Waals surface area (Å²) in [4.78, 5) is 12.1. The van der Waals surface area contributed by atoms with Crippen LogP contribution in [0.5, 0.6) is 11.5 Å². The molecule has 1 atom stereocenters. The molecule has 0 radical (unpaired) electrons. The Morgan fingerprint density at radius 3 is 2.25 bits per heavy atom. The molecular weight excluding hydrogens is 330 g/mol. The standard InChI is InChI=1S/C17H19NO5S/c1-13(12-23-15-6-4-3-5-7-15)17(19)18-24(20,21)16-10-8-14(22-2)9-11-16/h3-11,13H,12H2,1-2H3,(H,18,19). The molecule has 24 heavy (non-hydrogen) atoms. The van der Waals surface area contributed by atoms with Crippen molar-refractivity contribution in [3.05, 3.63) is 54.6 Å². The van der Waals surface area contributed by atoms with Crippen molar-refractivity contribution in [1.82, 2.24) is 4.72 Å². The number of ether oxygens (including phenoxy) is 2. The number of amides is 1. The van der Waals surface area contributed by atoms with Gasteiger partial charge in [0.05, 0.1) is 24.5 Å². The van der Waals surface area contributed by atoms with Crippen LogP contribution in [0.1, 0.15) is 6.92 Å². The number of nitrogens with one attached hydrogen (secondary N) is 1. The Kier molecular flexibility index (Phi) is 5.81. The zero-order valence-corrected chi connectivity index (χ0v) is 14.2. The first-order valence-corrected chi connectivity index (χ1v) is 8.79. The molecule has 0 aromatic heterocycles. The molecule has 0 aliphatic heterocycles. The maximum Gasteiger partial charge on any atom is 0.264 e. The monoisotopic (exact) mass is 349 g/mol. The van der Waals surface area contributed by atoms with Gasteiger partial charge >= 0.3 is 0 Å². The van der Waals surface area contributed by atoms with Crippen LogP contribution in [0.4, 0.5) is 0 Å². The van der Waals surface area contributed by atoms with Gasteiger partial charge in [-0.3, -0.25) is 4.79 Å². The van der Waals surface area contributed by atoms with Gasteiger partial charge in [-0.05, 0) is 36.4 Å². The van der Waals surface area contributed by atoms with Gasteiger partial charge in [0.1, 0.15) is 11.5 Å². The van der Waals surface area contributed by atoms with Gasteiger partial charge in [-0.15, -0.1) is 0 Å². The van der Waals surface area contributed by atoms with Crippen molar-refractivity contribution in [3.8, 4) is 11.5 Å². The summed E-state index contributed by atoms with van der Waals surface area (Å²) in [5.41, 5.74) is 0. The third-order valence-electron chi connectivity index (χ3n) is 3.30. The predicted molar refractivity (Wildman–Crippen MR) is 89.4 cm³/mol. The van der Waals surface area contributed by atoms with Gasteiger partial charge in [0.2, 0.25) is 5.91 Å². The molecule has 0 saturated heterocycles. The van der Waals surface area contributed by atoms with Gasteiger partial charge < -0.3 is 9.47 Å². The maximum absolute atomic E-state index is 12.2. The fourth-order valence-electron chi connectivity index (χ4n) is 1.86. The van der Waals surface area contributed by atoms with Crippen LogP contribution in [-0.4, -0.2) is 28.0 Å². The van der Waals surface area contributed by atoms with Gasteiger partial charge in [-0.1, -0.05) is 25.1 Å². The van der Waals surface area contributed by atoms with Gasteiger partial charge in [-0.2, -0.15) is 0 Å². The van der Waals surface area contributed by atoms with Crippen LogP contribution in [0.25, 0.3) is 0 Å². The second kappa shape index (κ2) is 7.83. The van der Waals surface area contributed by atoms with E-state index in [2.05, 4.69) is 4.72 Å². The summed E-state index contributed by atoms with van der Waals surface area (Å²) in [6.07, 6.45) is 0. The molecule has 0 saturated carbocycles. The molecular formula is C17H19NO5S. The van der Waals surface area contributed by atoms with Crippen LogP contribution in [0.15, 0.2) is 59.5 Å².